The maximum absolute atomic E-state index is 13.0. The second kappa shape index (κ2) is 9.06. The van der Waals surface area contributed by atoms with Crippen molar-refractivity contribution in [1.82, 2.24) is 29.0 Å². The van der Waals surface area contributed by atoms with Gasteiger partial charge in [-0.25, -0.2) is 4.79 Å². The van der Waals surface area contributed by atoms with Crippen LogP contribution in [0.5, 0.6) is 0 Å². The fraction of sp³-hybridized carbons (Fsp3) is 0.444. The molecule has 3 aromatic heterocycles. The van der Waals surface area contributed by atoms with Crippen molar-refractivity contribution in [3.05, 3.63) is 65.5 Å². The molecule has 1 aromatic carbocycles. The first kappa shape index (κ1) is 24.3. The second-order valence-electron chi connectivity index (χ2n) is 11.0. The fourth-order valence-electron chi connectivity index (χ4n) is 5.39. The van der Waals surface area contributed by atoms with E-state index in [2.05, 4.69) is 39.4 Å². The average molecular weight is 537 g/mol. The predicted octanol–water partition coefficient (Wildman–Crippen LogP) is 6.31. The Morgan fingerprint density at radius 3 is 2.78 bits per heavy atom. The summed E-state index contributed by atoms with van der Waals surface area (Å²) in [6.45, 7) is 6.34. The van der Waals surface area contributed by atoms with Crippen LogP contribution in [-0.4, -0.2) is 40.7 Å². The number of halogens is 1. The third-order valence-corrected chi connectivity index (χ3v) is 8.65. The molecule has 1 aliphatic heterocycles. The quantitative estimate of drug-likeness (QED) is 0.279. The summed E-state index contributed by atoms with van der Waals surface area (Å²) in [5, 5.41) is 8.34. The van der Waals surface area contributed by atoms with Crippen molar-refractivity contribution in [2.24, 2.45) is 0 Å². The number of carbonyl (C=O) groups excluding carboxylic acids is 1. The van der Waals surface area contributed by atoms with Crippen molar-refractivity contribution in [3.63, 3.8) is 0 Å². The number of aromatic nitrogens is 5. The van der Waals surface area contributed by atoms with Gasteiger partial charge in [-0.15, -0.1) is 21.8 Å². The summed E-state index contributed by atoms with van der Waals surface area (Å²) in [6.07, 6.45) is 6.76. The Morgan fingerprint density at radius 2 is 2.00 bits per heavy atom. The lowest BCUT2D eigenvalue weighted by atomic mass is 9.76. The SMILES string of the molecule is CC(C)(C)OC(=O)N1Cc2cc(C3(Cl)CCC(c4nsc5cccnc45)CC3)ccc2-n2cnnc2C1. The van der Waals surface area contributed by atoms with Crippen molar-refractivity contribution in [2.75, 3.05) is 0 Å². The number of pyridine rings is 1. The van der Waals surface area contributed by atoms with Crippen LogP contribution in [-0.2, 0) is 22.7 Å². The van der Waals surface area contributed by atoms with E-state index in [1.54, 1.807) is 11.2 Å². The Balaban J connectivity index is 1.27. The van der Waals surface area contributed by atoms with Crippen molar-refractivity contribution >= 4 is 39.4 Å². The third-order valence-electron chi connectivity index (χ3n) is 7.24. The van der Waals surface area contributed by atoms with Crippen LogP contribution < -0.4 is 0 Å². The Hall–Kier alpha value is -3.04. The van der Waals surface area contributed by atoms with Crippen LogP contribution in [0.2, 0.25) is 0 Å². The van der Waals surface area contributed by atoms with E-state index in [1.807, 2.05) is 37.6 Å². The van der Waals surface area contributed by atoms with Crippen molar-refractivity contribution in [2.45, 2.75) is 75.9 Å². The highest BCUT2D eigenvalue weighted by molar-refractivity contribution is 7.13. The van der Waals surface area contributed by atoms with Crippen molar-refractivity contribution in [3.8, 4) is 5.69 Å². The van der Waals surface area contributed by atoms with E-state index in [0.717, 1.165) is 58.4 Å². The van der Waals surface area contributed by atoms with Gasteiger partial charge in [0.05, 0.1) is 34.0 Å². The molecule has 1 aliphatic carbocycles. The maximum atomic E-state index is 13.0. The summed E-state index contributed by atoms with van der Waals surface area (Å²) in [5.74, 6) is 1.06. The van der Waals surface area contributed by atoms with Gasteiger partial charge < -0.3 is 4.74 Å². The highest BCUT2D eigenvalue weighted by Gasteiger charge is 2.38. The number of rotatable bonds is 2. The first-order chi connectivity index (χ1) is 17.7. The molecule has 4 aromatic rings. The van der Waals surface area contributed by atoms with Gasteiger partial charge in [-0.2, -0.15) is 4.37 Å². The topological polar surface area (TPSA) is 86.0 Å². The fourth-order valence-corrected chi connectivity index (χ4v) is 6.54. The van der Waals surface area contributed by atoms with Crippen LogP contribution in [0.3, 0.4) is 0 Å². The molecular weight excluding hydrogens is 508 g/mol. The van der Waals surface area contributed by atoms with Gasteiger partial charge in [0.15, 0.2) is 5.82 Å². The van der Waals surface area contributed by atoms with Crippen LogP contribution in [0, 0.1) is 0 Å². The van der Waals surface area contributed by atoms with Gasteiger partial charge in [0.2, 0.25) is 0 Å². The summed E-state index contributed by atoms with van der Waals surface area (Å²) in [7, 11) is 0. The second-order valence-corrected chi connectivity index (χ2v) is 12.5. The van der Waals surface area contributed by atoms with Crippen molar-refractivity contribution in [1.29, 1.82) is 0 Å². The number of nitrogens with zero attached hydrogens (tertiary/aromatic N) is 6. The van der Waals surface area contributed by atoms with E-state index >= 15 is 0 Å². The number of hydrogen-bond donors (Lipinski definition) is 0. The minimum absolute atomic E-state index is 0.322. The number of alkyl halides is 1. The molecule has 0 unspecified atom stereocenters. The number of fused-ring (bicyclic) bond motifs is 4. The Bertz CT molecular complexity index is 1470. The number of hydrogen-bond acceptors (Lipinski definition) is 7. The summed E-state index contributed by atoms with van der Waals surface area (Å²) >= 11 is 8.85. The van der Waals surface area contributed by atoms with E-state index in [-0.39, 0.29) is 6.09 Å². The first-order valence-electron chi connectivity index (χ1n) is 12.6. The van der Waals surface area contributed by atoms with E-state index in [9.17, 15) is 4.79 Å². The number of carbonyl (C=O) groups is 1. The highest BCUT2D eigenvalue weighted by atomic mass is 35.5. The smallest absolute Gasteiger partial charge is 0.411 e. The van der Waals surface area contributed by atoms with E-state index in [1.165, 1.54) is 11.5 Å². The van der Waals surface area contributed by atoms with Gasteiger partial charge in [0.1, 0.15) is 17.4 Å². The van der Waals surface area contributed by atoms with Crippen LogP contribution in [0.25, 0.3) is 15.9 Å². The minimum atomic E-state index is -0.585. The molecular formula is C27H29ClN6O2S. The lowest BCUT2D eigenvalue weighted by Crippen LogP contribution is -2.36. The standard InChI is InChI=1S/C27H29ClN6O2S/c1-26(2,3)36-25(35)33-14-18-13-19(6-7-20(18)34-16-30-31-22(34)15-33)27(28)10-8-17(9-11-27)23-24-21(37-32-23)5-4-12-29-24/h4-7,12-13,16-17H,8-11,14-15H2,1-3H3. The molecule has 1 amide bonds. The zero-order valence-electron chi connectivity index (χ0n) is 21.1. The number of amides is 1. The lowest BCUT2D eigenvalue weighted by Gasteiger charge is -2.36. The molecule has 192 valence electrons. The molecule has 0 radical (unpaired) electrons. The molecule has 6 rings (SSSR count). The normalized spacial score (nSPS) is 21.8. The molecule has 0 N–H and O–H groups in total. The molecule has 1 fully saturated rings. The predicted molar refractivity (Wildman–Crippen MR) is 143 cm³/mol. The molecule has 2 aliphatic rings. The molecule has 37 heavy (non-hydrogen) atoms. The third kappa shape index (κ3) is 4.59. The van der Waals surface area contributed by atoms with Gasteiger partial charge in [0.25, 0.3) is 0 Å². The Morgan fingerprint density at radius 1 is 1.19 bits per heavy atom. The van der Waals surface area contributed by atoms with Crippen LogP contribution in [0.4, 0.5) is 4.79 Å². The zero-order valence-corrected chi connectivity index (χ0v) is 22.7. The van der Waals surface area contributed by atoms with Gasteiger partial charge in [-0.1, -0.05) is 12.1 Å². The first-order valence-corrected chi connectivity index (χ1v) is 13.8. The van der Waals surface area contributed by atoms with Gasteiger partial charge in [0, 0.05) is 12.1 Å². The maximum Gasteiger partial charge on any atom is 0.411 e. The largest absolute Gasteiger partial charge is 0.444 e. The molecule has 1 saturated carbocycles. The lowest BCUT2D eigenvalue weighted by molar-refractivity contribution is 0.0214. The van der Waals surface area contributed by atoms with Gasteiger partial charge >= 0.3 is 6.09 Å². The molecule has 0 saturated heterocycles. The van der Waals surface area contributed by atoms with Crippen LogP contribution >= 0.6 is 23.1 Å². The molecule has 0 spiro atoms. The molecule has 8 nitrogen and oxygen atoms in total. The summed E-state index contributed by atoms with van der Waals surface area (Å²) in [6, 6.07) is 10.4. The van der Waals surface area contributed by atoms with Crippen LogP contribution in [0.15, 0.2) is 42.9 Å². The average Bonchev–Trinajstić information content (AvgIpc) is 3.47. The van der Waals surface area contributed by atoms with Gasteiger partial charge in [-0.3, -0.25) is 14.5 Å². The van der Waals surface area contributed by atoms with Gasteiger partial charge in [-0.05, 0) is 87.3 Å². The Kier molecular flexibility index (Phi) is 5.95. The molecule has 10 heteroatoms. The number of ether oxygens (including phenoxy) is 1. The highest BCUT2D eigenvalue weighted by Crippen LogP contribution is 2.49. The number of benzene rings is 1. The molecule has 0 bridgehead atoms. The van der Waals surface area contributed by atoms with E-state index < -0.39 is 10.5 Å². The molecule has 0 atom stereocenters. The summed E-state index contributed by atoms with van der Waals surface area (Å²) in [5.41, 5.74) is 4.58. The zero-order chi connectivity index (χ0) is 25.8. The molecule has 4 heterocycles. The van der Waals surface area contributed by atoms with Crippen molar-refractivity contribution < 1.29 is 9.53 Å². The minimum Gasteiger partial charge on any atom is -0.444 e. The monoisotopic (exact) mass is 536 g/mol. The summed E-state index contributed by atoms with van der Waals surface area (Å²) < 4.78 is 13.5. The Labute approximate surface area is 224 Å². The van der Waals surface area contributed by atoms with E-state index in [4.69, 9.17) is 20.7 Å². The van der Waals surface area contributed by atoms with E-state index in [0.29, 0.717) is 24.8 Å². The summed E-state index contributed by atoms with van der Waals surface area (Å²) in [4.78, 5) is 18.8. The van der Waals surface area contributed by atoms with Crippen LogP contribution in [0.1, 0.15) is 75.0 Å².